The fourth-order valence-corrected chi connectivity index (χ4v) is 0.754. The molecule has 2 N–H and O–H groups in total. The van der Waals surface area contributed by atoms with Crippen LogP contribution in [-0.2, 0) is 4.84 Å². The van der Waals surface area contributed by atoms with Crippen LogP contribution in [0.3, 0.4) is 0 Å². The van der Waals surface area contributed by atoms with Gasteiger partial charge in [0, 0.05) is 0 Å². The fraction of sp³-hybridized carbons (Fsp3) is 0.143. The van der Waals surface area contributed by atoms with Crippen LogP contribution in [0.25, 0.3) is 0 Å². The molecule has 16 heavy (non-hydrogen) atoms. The number of nitrogens with zero attached hydrogens (tertiary/aromatic N) is 2. The summed E-state index contributed by atoms with van der Waals surface area (Å²) in [6.07, 6.45) is 0. The second-order valence-corrected chi connectivity index (χ2v) is 2.76. The molecule has 0 fully saturated rings. The van der Waals surface area contributed by atoms with Crippen LogP contribution >= 0.6 is 11.6 Å². The van der Waals surface area contributed by atoms with Crippen molar-refractivity contribution >= 4 is 29.3 Å². The Balaban J connectivity index is 2.70. The third-order valence-electron chi connectivity index (χ3n) is 1.36. The van der Waals surface area contributed by atoms with Crippen molar-refractivity contribution in [3.8, 4) is 0 Å². The van der Waals surface area contributed by atoms with Crippen LogP contribution in [0.1, 0.15) is 10.6 Å². The third-order valence-corrected chi connectivity index (χ3v) is 1.63. The van der Waals surface area contributed by atoms with Gasteiger partial charge in [0.1, 0.15) is 4.92 Å². The molecule has 8 nitrogen and oxygen atoms in total. The van der Waals surface area contributed by atoms with E-state index in [2.05, 4.69) is 14.4 Å². The summed E-state index contributed by atoms with van der Waals surface area (Å²) in [7, 11) is 0. The monoisotopic (exact) mass is 247 g/mol. The normalized spacial score (nSPS) is 11.2. The highest BCUT2D eigenvalue weighted by atomic mass is 35.5. The van der Waals surface area contributed by atoms with Gasteiger partial charge in [-0.1, -0.05) is 5.16 Å². The van der Waals surface area contributed by atoms with E-state index in [4.69, 9.17) is 17.3 Å². The molecular weight excluding hydrogens is 242 g/mol. The zero-order chi connectivity index (χ0) is 12.1. The maximum Gasteiger partial charge on any atom is 0.433 e. The molecule has 9 heteroatoms. The lowest BCUT2D eigenvalue weighted by molar-refractivity contribution is -0.402. The fourth-order valence-electron chi connectivity index (χ4n) is 0.705. The Hall–Kier alpha value is -2.09. The first-order valence-corrected chi connectivity index (χ1v) is 4.42. The minimum Gasteiger partial charge on any atom is -0.393 e. The van der Waals surface area contributed by atoms with Crippen LogP contribution in [-0.4, -0.2) is 22.6 Å². The van der Waals surface area contributed by atoms with Crippen molar-refractivity contribution in [2.45, 2.75) is 0 Å². The first-order chi connectivity index (χ1) is 7.54. The molecule has 0 spiro atoms. The Kier molecular flexibility index (Phi) is 3.84. The maximum absolute atomic E-state index is 11.2. The van der Waals surface area contributed by atoms with Gasteiger partial charge in [-0.05, 0) is 6.07 Å². The molecule has 0 amide bonds. The Morgan fingerprint density at radius 1 is 1.69 bits per heavy atom. The second kappa shape index (κ2) is 5.12. The van der Waals surface area contributed by atoms with E-state index >= 15 is 0 Å². The lowest BCUT2D eigenvalue weighted by Crippen LogP contribution is -2.14. The van der Waals surface area contributed by atoms with Gasteiger partial charge in [-0.25, -0.2) is 4.79 Å². The van der Waals surface area contributed by atoms with Crippen molar-refractivity contribution in [2.75, 3.05) is 5.88 Å². The van der Waals surface area contributed by atoms with Gasteiger partial charge in [-0.15, -0.1) is 11.6 Å². The Bertz CT molecular complexity index is 441. The Morgan fingerprint density at radius 3 is 2.88 bits per heavy atom. The number of furan rings is 1. The number of nitro groups is 1. The van der Waals surface area contributed by atoms with E-state index in [1.54, 1.807) is 0 Å². The second-order valence-electron chi connectivity index (χ2n) is 2.49. The number of hydrogen-bond donors (Lipinski definition) is 1. The molecule has 0 aliphatic rings. The summed E-state index contributed by atoms with van der Waals surface area (Å²) >= 11 is 5.27. The number of rotatable bonds is 4. The molecule has 1 aromatic heterocycles. The minimum atomic E-state index is -0.999. The maximum atomic E-state index is 11.2. The standard InChI is InChI=1S/C7H6ClN3O5/c8-3-5(9)10-16-7(12)4-1-2-6(15-4)11(13)14/h1-2H,3H2,(H2,9,10). The van der Waals surface area contributed by atoms with E-state index < -0.39 is 16.8 Å². The quantitative estimate of drug-likeness (QED) is 0.210. The summed E-state index contributed by atoms with van der Waals surface area (Å²) in [5, 5.41) is 13.4. The summed E-state index contributed by atoms with van der Waals surface area (Å²) < 4.78 is 4.56. The van der Waals surface area contributed by atoms with E-state index in [0.717, 1.165) is 12.1 Å². The molecule has 0 aliphatic heterocycles. The number of carbonyl (C=O) groups is 1. The molecule has 1 rings (SSSR count). The van der Waals surface area contributed by atoms with Gasteiger partial charge in [-0.2, -0.15) is 0 Å². The van der Waals surface area contributed by atoms with Crippen LogP contribution in [0.2, 0.25) is 0 Å². The Morgan fingerprint density at radius 2 is 2.38 bits per heavy atom. The van der Waals surface area contributed by atoms with E-state index in [9.17, 15) is 14.9 Å². The number of alkyl halides is 1. The van der Waals surface area contributed by atoms with Gasteiger partial charge in [-0.3, -0.25) is 10.1 Å². The number of hydrogen-bond acceptors (Lipinski definition) is 6. The van der Waals surface area contributed by atoms with E-state index in [1.165, 1.54) is 0 Å². The van der Waals surface area contributed by atoms with Gasteiger partial charge in [0.25, 0.3) is 0 Å². The van der Waals surface area contributed by atoms with Gasteiger partial charge in [0.2, 0.25) is 5.76 Å². The van der Waals surface area contributed by atoms with Gasteiger partial charge < -0.3 is 15.0 Å². The molecule has 1 heterocycles. The minimum absolute atomic E-state index is 0.101. The zero-order valence-electron chi connectivity index (χ0n) is 7.75. The highest BCUT2D eigenvalue weighted by Gasteiger charge is 2.18. The van der Waals surface area contributed by atoms with Gasteiger partial charge in [0.05, 0.1) is 11.9 Å². The topological polar surface area (TPSA) is 121 Å². The molecule has 86 valence electrons. The lowest BCUT2D eigenvalue weighted by Gasteiger charge is -1.94. The van der Waals surface area contributed by atoms with Crippen molar-refractivity contribution in [2.24, 2.45) is 10.9 Å². The van der Waals surface area contributed by atoms with Crippen molar-refractivity contribution in [3.63, 3.8) is 0 Å². The van der Waals surface area contributed by atoms with Crippen LogP contribution in [0, 0.1) is 10.1 Å². The predicted octanol–water partition coefficient (Wildman–Crippen LogP) is 0.856. The largest absolute Gasteiger partial charge is 0.433 e. The molecule has 0 unspecified atom stereocenters. The lowest BCUT2D eigenvalue weighted by atomic mass is 10.5. The van der Waals surface area contributed by atoms with Crippen LogP contribution in [0.5, 0.6) is 0 Å². The van der Waals surface area contributed by atoms with E-state index in [-0.39, 0.29) is 17.5 Å². The highest BCUT2D eigenvalue weighted by Crippen LogP contribution is 2.16. The molecule has 0 bridgehead atoms. The summed E-state index contributed by atoms with van der Waals surface area (Å²) in [5.41, 5.74) is 5.15. The van der Waals surface area contributed by atoms with Crippen molar-refractivity contribution in [1.82, 2.24) is 0 Å². The summed E-state index contributed by atoms with van der Waals surface area (Å²) in [6.45, 7) is 0. The van der Waals surface area contributed by atoms with Crippen LogP contribution in [0.4, 0.5) is 5.88 Å². The average Bonchev–Trinajstić information content (AvgIpc) is 2.74. The smallest absolute Gasteiger partial charge is 0.393 e. The first-order valence-electron chi connectivity index (χ1n) is 3.88. The SMILES string of the molecule is NC(CCl)=NOC(=O)c1ccc([N+](=O)[O-])o1. The molecular formula is C7H6ClN3O5. The summed E-state index contributed by atoms with van der Waals surface area (Å²) in [6, 6.07) is 2.11. The molecule has 0 radical (unpaired) electrons. The van der Waals surface area contributed by atoms with E-state index in [1.807, 2.05) is 0 Å². The molecule has 0 aliphatic carbocycles. The third kappa shape index (κ3) is 2.95. The highest BCUT2D eigenvalue weighted by molar-refractivity contribution is 6.27. The number of oxime groups is 1. The molecule has 0 aromatic carbocycles. The van der Waals surface area contributed by atoms with Gasteiger partial charge in [0.15, 0.2) is 5.84 Å². The first kappa shape index (κ1) is 12.0. The molecule has 0 atom stereocenters. The number of amidine groups is 1. The number of nitrogens with two attached hydrogens (primary N) is 1. The summed E-state index contributed by atoms with van der Waals surface area (Å²) in [5.74, 6) is -2.12. The number of halogens is 1. The van der Waals surface area contributed by atoms with Crippen molar-refractivity contribution in [1.29, 1.82) is 0 Å². The number of carbonyl (C=O) groups excluding carboxylic acids is 1. The van der Waals surface area contributed by atoms with Crippen LogP contribution in [0.15, 0.2) is 21.7 Å². The van der Waals surface area contributed by atoms with Crippen molar-refractivity contribution in [3.05, 3.63) is 28.0 Å². The van der Waals surface area contributed by atoms with Gasteiger partial charge >= 0.3 is 11.9 Å². The van der Waals surface area contributed by atoms with E-state index in [0.29, 0.717) is 0 Å². The molecule has 1 aromatic rings. The van der Waals surface area contributed by atoms with Crippen molar-refractivity contribution < 1.29 is 19.0 Å². The molecule has 0 saturated carbocycles. The predicted molar refractivity (Wildman–Crippen MR) is 53.1 cm³/mol. The molecule has 0 saturated heterocycles. The summed E-state index contributed by atoms with van der Waals surface area (Å²) in [4.78, 5) is 24.9. The average molecular weight is 248 g/mol. The van der Waals surface area contributed by atoms with Crippen LogP contribution < -0.4 is 5.73 Å². The zero-order valence-corrected chi connectivity index (χ0v) is 8.51. The Labute approximate surface area is 93.7 Å².